The molecule has 54 heavy (non-hydrogen) atoms. The summed E-state index contributed by atoms with van der Waals surface area (Å²) in [5.74, 6) is -3.67. The Morgan fingerprint density at radius 2 is 1.67 bits per heavy atom. The minimum Gasteiger partial charge on any atom is -0.455 e. The van der Waals surface area contributed by atoms with Crippen molar-refractivity contribution in [3.63, 3.8) is 0 Å². The number of aliphatic hydroxyl groups is 1. The smallest absolute Gasteiger partial charge is 0.313 e. The van der Waals surface area contributed by atoms with E-state index < -0.39 is 59.6 Å². The van der Waals surface area contributed by atoms with Crippen LogP contribution >= 0.6 is 0 Å². The molecule has 3 aliphatic heterocycles. The van der Waals surface area contributed by atoms with Gasteiger partial charge in [0.15, 0.2) is 0 Å². The van der Waals surface area contributed by atoms with Gasteiger partial charge in [-0.1, -0.05) is 56.3 Å². The van der Waals surface area contributed by atoms with Crippen LogP contribution in [0, 0.1) is 17.8 Å². The summed E-state index contributed by atoms with van der Waals surface area (Å²) in [5.41, 5.74) is 1.07. The largest absolute Gasteiger partial charge is 0.455 e. The summed E-state index contributed by atoms with van der Waals surface area (Å²) in [5, 5.41) is 10.7. The first kappa shape index (κ1) is 40.7. The van der Waals surface area contributed by atoms with E-state index in [1.165, 1.54) is 4.90 Å². The zero-order chi connectivity index (χ0) is 39.3. The first-order valence-corrected chi connectivity index (χ1v) is 19.4. The maximum Gasteiger partial charge on any atom is 0.313 e. The minimum absolute atomic E-state index is 0.111. The van der Waals surface area contributed by atoms with Gasteiger partial charge in [-0.25, -0.2) is 0 Å². The molecule has 3 fully saturated rings. The number of benzene rings is 2. The number of hydrogen-bond acceptors (Lipinski definition) is 8. The monoisotopic (exact) mass is 742 g/mol. The highest BCUT2D eigenvalue weighted by atomic mass is 16.6. The highest BCUT2D eigenvalue weighted by Crippen LogP contribution is 2.59. The Balaban J connectivity index is 1.52. The van der Waals surface area contributed by atoms with E-state index in [4.69, 9.17) is 9.47 Å². The van der Waals surface area contributed by atoms with Crippen LogP contribution in [-0.2, 0) is 28.7 Å². The standard InChI is InChI=1S/C43H58N4O7/c1-9-13-19-35(49)44(8)29(7)38(30-17-15-14-16-18-30)53-42(52)36-34-24-25-43(54-34)37(36)40(50)47(33(27-48)28(5)6)39(43)41(51)46(26-10-2)32-22-20-31(21-23-32)45(11-3)12-4/h9-10,14-18,20-23,28-29,33-34,36-39,48H,1-2,11-13,19,24-27H2,3-8H3/t29-,33+,34+,36-,37-,38+,39+,43-/m1/s1. The molecule has 0 aliphatic carbocycles. The molecular weight excluding hydrogens is 684 g/mol. The van der Waals surface area contributed by atoms with E-state index in [0.29, 0.717) is 30.5 Å². The van der Waals surface area contributed by atoms with E-state index in [9.17, 15) is 19.5 Å². The molecule has 0 aromatic heterocycles. The van der Waals surface area contributed by atoms with Crippen LogP contribution in [0.3, 0.4) is 0 Å². The van der Waals surface area contributed by atoms with Gasteiger partial charge in [0.2, 0.25) is 11.8 Å². The summed E-state index contributed by atoms with van der Waals surface area (Å²) in [6.45, 7) is 19.0. The number of likely N-dealkylation sites (tertiary alicyclic amines) is 1. The first-order chi connectivity index (χ1) is 25.9. The fraction of sp³-hybridized carbons (Fsp3) is 0.535. The fourth-order valence-corrected chi connectivity index (χ4v) is 8.77. The SMILES string of the molecule is C=CCCC(=O)N(C)[C@H](C)[C@H](OC(=O)[C@@H]1[C@@H]2CC[C@]3(O2)[C@H](C(=O)N(CC=C)c2ccc(N(CC)CC)cc2)N([C@@H](CO)C(C)C)C(=O)[C@@H]13)c1ccccc1. The summed E-state index contributed by atoms with van der Waals surface area (Å²) >= 11 is 0. The minimum atomic E-state index is -1.31. The molecule has 11 heteroatoms. The van der Waals surface area contributed by atoms with Crippen molar-refractivity contribution in [2.75, 3.05) is 43.1 Å². The predicted octanol–water partition coefficient (Wildman–Crippen LogP) is 5.54. The normalized spacial score (nSPS) is 24.4. The topological polar surface area (TPSA) is 120 Å². The second kappa shape index (κ2) is 17.3. The molecule has 1 N–H and O–H groups in total. The number of anilines is 2. The Hall–Kier alpha value is -4.48. The third-order valence-corrected chi connectivity index (χ3v) is 11.8. The molecule has 2 aromatic carbocycles. The van der Waals surface area contributed by atoms with Crippen molar-refractivity contribution in [1.82, 2.24) is 9.80 Å². The van der Waals surface area contributed by atoms with Crippen LogP contribution in [0.5, 0.6) is 0 Å². The average Bonchev–Trinajstić information content (AvgIpc) is 3.83. The van der Waals surface area contributed by atoms with Gasteiger partial charge in [0, 0.05) is 44.5 Å². The van der Waals surface area contributed by atoms with Crippen molar-refractivity contribution >= 4 is 35.1 Å². The van der Waals surface area contributed by atoms with Gasteiger partial charge in [0.25, 0.3) is 5.91 Å². The summed E-state index contributed by atoms with van der Waals surface area (Å²) < 4.78 is 13.1. The zero-order valence-corrected chi connectivity index (χ0v) is 32.7. The van der Waals surface area contributed by atoms with Crippen LogP contribution < -0.4 is 9.80 Å². The molecule has 3 amide bonds. The van der Waals surface area contributed by atoms with Gasteiger partial charge in [-0.2, -0.15) is 0 Å². The van der Waals surface area contributed by atoms with Gasteiger partial charge >= 0.3 is 5.97 Å². The summed E-state index contributed by atoms with van der Waals surface area (Å²) in [6.07, 6.45) is 3.50. The number of carbonyl (C=O) groups is 4. The number of hydrogen-bond donors (Lipinski definition) is 1. The maximum absolute atomic E-state index is 15.1. The van der Waals surface area contributed by atoms with Crippen LogP contribution in [0.25, 0.3) is 0 Å². The van der Waals surface area contributed by atoms with E-state index in [1.807, 2.05) is 75.4 Å². The zero-order valence-electron chi connectivity index (χ0n) is 32.7. The number of nitrogens with zero attached hydrogens (tertiary/aromatic N) is 4. The van der Waals surface area contributed by atoms with Crippen molar-refractivity contribution in [1.29, 1.82) is 0 Å². The lowest BCUT2D eigenvalue weighted by Crippen LogP contribution is -2.59. The molecule has 1 spiro atoms. The number of rotatable bonds is 18. The molecule has 292 valence electrons. The second-order valence-corrected chi connectivity index (χ2v) is 15.1. The average molecular weight is 743 g/mol. The molecule has 0 unspecified atom stereocenters. The van der Waals surface area contributed by atoms with Crippen molar-refractivity contribution in [2.45, 2.75) is 96.2 Å². The van der Waals surface area contributed by atoms with Gasteiger partial charge in [-0.05, 0) is 75.8 Å². The van der Waals surface area contributed by atoms with Crippen molar-refractivity contribution in [3.8, 4) is 0 Å². The lowest BCUT2D eigenvalue weighted by atomic mass is 9.70. The summed E-state index contributed by atoms with van der Waals surface area (Å²) in [7, 11) is 1.69. The molecule has 2 aromatic rings. The number of aliphatic hydroxyl groups excluding tert-OH is 1. The molecule has 3 heterocycles. The Kier molecular flexibility index (Phi) is 13.1. The third kappa shape index (κ3) is 7.45. The number of likely N-dealkylation sites (N-methyl/N-ethyl adjacent to an activating group) is 1. The molecule has 0 saturated carbocycles. The number of amides is 3. The van der Waals surface area contributed by atoms with E-state index in [1.54, 1.807) is 29.0 Å². The van der Waals surface area contributed by atoms with Crippen LogP contribution in [0.1, 0.15) is 72.0 Å². The number of esters is 1. The van der Waals surface area contributed by atoms with Gasteiger partial charge in [0.1, 0.15) is 17.7 Å². The van der Waals surface area contributed by atoms with Crippen molar-refractivity contribution < 1.29 is 33.8 Å². The lowest BCUT2D eigenvalue weighted by molar-refractivity contribution is -0.165. The van der Waals surface area contributed by atoms with Crippen LogP contribution in [0.4, 0.5) is 11.4 Å². The second-order valence-electron chi connectivity index (χ2n) is 15.1. The van der Waals surface area contributed by atoms with Crippen LogP contribution in [0.2, 0.25) is 0 Å². The third-order valence-electron chi connectivity index (χ3n) is 11.8. The lowest BCUT2D eigenvalue weighted by Gasteiger charge is -2.40. The molecule has 5 rings (SSSR count). The predicted molar refractivity (Wildman–Crippen MR) is 210 cm³/mol. The fourth-order valence-electron chi connectivity index (χ4n) is 8.77. The number of fused-ring (bicyclic) bond motifs is 1. The van der Waals surface area contributed by atoms with Gasteiger partial charge in [-0.3, -0.25) is 19.2 Å². The van der Waals surface area contributed by atoms with Gasteiger partial charge in [-0.15, -0.1) is 13.2 Å². The maximum atomic E-state index is 15.1. The molecule has 8 atom stereocenters. The summed E-state index contributed by atoms with van der Waals surface area (Å²) in [4.78, 5) is 64.5. The molecule has 2 bridgehead atoms. The van der Waals surface area contributed by atoms with Crippen LogP contribution in [-0.4, -0.2) is 102 Å². The highest BCUT2D eigenvalue weighted by Gasteiger charge is 2.76. The Labute approximate surface area is 320 Å². The molecule has 3 saturated heterocycles. The highest BCUT2D eigenvalue weighted by molar-refractivity contribution is 6.05. The van der Waals surface area contributed by atoms with Crippen LogP contribution in [0.15, 0.2) is 79.9 Å². The first-order valence-electron chi connectivity index (χ1n) is 19.4. The quantitative estimate of drug-likeness (QED) is 0.156. The molecular formula is C43H58N4O7. The molecule has 3 aliphatic rings. The van der Waals surface area contributed by atoms with Gasteiger partial charge < -0.3 is 34.2 Å². The Morgan fingerprint density at radius 1 is 1.02 bits per heavy atom. The van der Waals surface area contributed by atoms with Gasteiger partial charge in [0.05, 0.1) is 36.6 Å². The Morgan fingerprint density at radius 3 is 2.24 bits per heavy atom. The summed E-state index contributed by atoms with van der Waals surface area (Å²) in [6, 6.07) is 14.7. The number of ether oxygens (including phenoxy) is 2. The molecule has 11 nitrogen and oxygen atoms in total. The number of allylic oxidation sites excluding steroid dienone is 1. The van der Waals surface area contributed by atoms with E-state index in [2.05, 4.69) is 31.9 Å². The Bertz CT molecular complexity index is 1660. The van der Waals surface area contributed by atoms with E-state index in [0.717, 1.165) is 18.8 Å². The van der Waals surface area contributed by atoms with Crippen molar-refractivity contribution in [3.05, 3.63) is 85.5 Å². The van der Waals surface area contributed by atoms with E-state index >= 15 is 4.79 Å². The van der Waals surface area contributed by atoms with Crippen molar-refractivity contribution in [2.24, 2.45) is 17.8 Å². The number of carbonyl (C=O) groups excluding carboxylic acids is 4. The van der Waals surface area contributed by atoms with E-state index in [-0.39, 0.29) is 37.3 Å². The molecule has 0 radical (unpaired) electrons.